The highest BCUT2D eigenvalue weighted by Gasteiger charge is 2.26. The molecule has 9 heteroatoms. The van der Waals surface area contributed by atoms with Gasteiger partial charge in [-0.3, -0.25) is 24.7 Å². The van der Waals surface area contributed by atoms with E-state index in [-0.39, 0.29) is 28.8 Å². The van der Waals surface area contributed by atoms with Gasteiger partial charge in [-0.25, -0.2) is 0 Å². The van der Waals surface area contributed by atoms with E-state index in [0.717, 1.165) is 4.90 Å². The van der Waals surface area contributed by atoms with E-state index < -0.39 is 4.92 Å². The van der Waals surface area contributed by atoms with Gasteiger partial charge in [0.25, 0.3) is 11.6 Å². The van der Waals surface area contributed by atoms with Crippen molar-refractivity contribution in [2.45, 2.75) is 36.0 Å². The number of nitro groups is 1. The second kappa shape index (κ2) is 9.51. The van der Waals surface area contributed by atoms with E-state index in [1.54, 1.807) is 41.6 Å². The van der Waals surface area contributed by atoms with Crippen LogP contribution in [0.2, 0.25) is 0 Å². The van der Waals surface area contributed by atoms with Gasteiger partial charge in [0.05, 0.1) is 10.2 Å². The lowest BCUT2D eigenvalue weighted by atomic mass is 10.0. The molecule has 2 heterocycles. The maximum absolute atomic E-state index is 12.5. The molecule has 1 fully saturated rings. The Balaban J connectivity index is 1.46. The van der Waals surface area contributed by atoms with E-state index in [1.807, 2.05) is 6.92 Å². The van der Waals surface area contributed by atoms with Gasteiger partial charge in [0.1, 0.15) is 0 Å². The first-order chi connectivity index (χ1) is 13.9. The van der Waals surface area contributed by atoms with Gasteiger partial charge in [0.15, 0.2) is 0 Å². The van der Waals surface area contributed by atoms with Gasteiger partial charge in [-0.05, 0) is 44.0 Å². The number of hydrogen-bond acceptors (Lipinski definition) is 6. The maximum Gasteiger partial charge on any atom is 0.269 e. The SMILES string of the molecule is CC(Sc1ccc([N+](=O)[O-])cc1)C(=O)NC1CCN(C(=O)c2ccncc2)CC1. The Morgan fingerprint density at radius 3 is 2.38 bits per heavy atom. The average molecular weight is 414 g/mol. The summed E-state index contributed by atoms with van der Waals surface area (Å²) in [6.45, 7) is 3.00. The first-order valence-corrected chi connectivity index (χ1v) is 10.2. The molecule has 0 aliphatic carbocycles. The summed E-state index contributed by atoms with van der Waals surface area (Å²) in [7, 11) is 0. The van der Waals surface area contributed by atoms with Crippen LogP contribution in [0.1, 0.15) is 30.1 Å². The highest BCUT2D eigenvalue weighted by Crippen LogP contribution is 2.26. The molecule has 0 bridgehead atoms. The molecule has 29 heavy (non-hydrogen) atoms. The van der Waals surface area contributed by atoms with Gasteiger partial charge < -0.3 is 10.2 Å². The molecule has 1 atom stereocenters. The molecule has 0 spiro atoms. The number of amides is 2. The van der Waals surface area contributed by atoms with E-state index in [0.29, 0.717) is 31.5 Å². The highest BCUT2D eigenvalue weighted by atomic mass is 32.2. The van der Waals surface area contributed by atoms with E-state index >= 15 is 0 Å². The summed E-state index contributed by atoms with van der Waals surface area (Å²) in [6.07, 6.45) is 4.61. The molecule has 8 nitrogen and oxygen atoms in total. The third-order valence-corrected chi connectivity index (χ3v) is 5.90. The predicted molar refractivity (Wildman–Crippen MR) is 110 cm³/mol. The van der Waals surface area contributed by atoms with Crippen LogP contribution < -0.4 is 5.32 Å². The van der Waals surface area contributed by atoms with Crippen LogP contribution in [0.4, 0.5) is 5.69 Å². The van der Waals surface area contributed by atoms with Crippen LogP contribution in [-0.4, -0.2) is 51.0 Å². The van der Waals surface area contributed by atoms with Crippen LogP contribution in [0.15, 0.2) is 53.7 Å². The van der Waals surface area contributed by atoms with Crippen molar-refractivity contribution in [1.82, 2.24) is 15.2 Å². The van der Waals surface area contributed by atoms with Gasteiger partial charge in [-0.15, -0.1) is 11.8 Å². The van der Waals surface area contributed by atoms with Crippen molar-refractivity contribution in [3.05, 3.63) is 64.5 Å². The van der Waals surface area contributed by atoms with Gasteiger partial charge >= 0.3 is 0 Å². The van der Waals surface area contributed by atoms with Crippen molar-refractivity contribution in [2.24, 2.45) is 0 Å². The number of nitro benzene ring substituents is 1. The summed E-state index contributed by atoms with van der Waals surface area (Å²) in [5.41, 5.74) is 0.648. The molecule has 1 aliphatic rings. The largest absolute Gasteiger partial charge is 0.352 e. The summed E-state index contributed by atoms with van der Waals surface area (Å²) in [6, 6.07) is 9.60. The molecule has 1 unspecified atom stereocenters. The molecular weight excluding hydrogens is 392 g/mol. The number of piperidine rings is 1. The fraction of sp³-hybridized carbons (Fsp3) is 0.350. The van der Waals surface area contributed by atoms with E-state index in [9.17, 15) is 19.7 Å². The minimum Gasteiger partial charge on any atom is -0.352 e. The number of carbonyl (C=O) groups is 2. The smallest absolute Gasteiger partial charge is 0.269 e. The molecule has 3 rings (SSSR count). The number of nitrogens with zero attached hydrogens (tertiary/aromatic N) is 3. The van der Waals surface area contributed by atoms with Gasteiger partial charge in [-0.2, -0.15) is 0 Å². The summed E-state index contributed by atoms with van der Waals surface area (Å²) in [4.78, 5) is 41.8. The molecule has 0 saturated carbocycles. The number of benzene rings is 1. The lowest BCUT2D eigenvalue weighted by molar-refractivity contribution is -0.384. The number of carbonyl (C=O) groups excluding carboxylic acids is 2. The van der Waals surface area contributed by atoms with Crippen LogP contribution in [0.25, 0.3) is 0 Å². The van der Waals surface area contributed by atoms with Crippen LogP contribution in [0.5, 0.6) is 0 Å². The maximum atomic E-state index is 12.5. The molecule has 2 amide bonds. The fourth-order valence-corrected chi connectivity index (χ4v) is 4.00. The van der Waals surface area contributed by atoms with Crippen molar-refractivity contribution in [2.75, 3.05) is 13.1 Å². The van der Waals surface area contributed by atoms with Crippen molar-refractivity contribution < 1.29 is 14.5 Å². The summed E-state index contributed by atoms with van der Waals surface area (Å²) in [5, 5.41) is 13.4. The Kier molecular flexibility index (Phi) is 6.82. The van der Waals surface area contributed by atoms with Gasteiger partial charge in [0, 0.05) is 54.1 Å². The molecule has 1 aromatic carbocycles. The van der Waals surface area contributed by atoms with E-state index in [1.165, 1.54) is 23.9 Å². The van der Waals surface area contributed by atoms with Crippen LogP contribution in [-0.2, 0) is 4.79 Å². The minimum absolute atomic E-state index is 0.0146. The zero-order chi connectivity index (χ0) is 20.8. The second-order valence-electron chi connectivity index (χ2n) is 6.82. The lowest BCUT2D eigenvalue weighted by Gasteiger charge is -2.33. The Morgan fingerprint density at radius 2 is 1.79 bits per heavy atom. The first-order valence-electron chi connectivity index (χ1n) is 9.35. The Morgan fingerprint density at radius 1 is 1.17 bits per heavy atom. The molecule has 1 aliphatic heterocycles. The molecule has 1 aromatic heterocycles. The van der Waals surface area contributed by atoms with E-state index in [2.05, 4.69) is 10.3 Å². The van der Waals surface area contributed by atoms with Crippen LogP contribution >= 0.6 is 11.8 Å². The van der Waals surface area contributed by atoms with Crippen LogP contribution in [0, 0.1) is 10.1 Å². The Hall–Kier alpha value is -2.94. The monoisotopic (exact) mass is 414 g/mol. The van der Waals surface area contributed by atoms with E-state index in [4.69, 9.17) is 0 Å². The number of thioether (sulfide) groups is 1. The normalized spacial score (nSPS) is 15.6. The molecular formula is C20H22N4O4S. The number of hydrogen-bond donors (Lipinski definition) is 1. The van der Waals surface area contributed by atoms with Crippen molar-refractivity contribution >= 4 is 29.3 Å². The Labute approximate surface area is 172 Å². The quantitative estimate of drug-likeness (QED) is 0.443. The number of likely N-dealkylation sites (tertiary alicyclic amines) is 1. The van der Waals surface area contributed by atoms with Crippen molar-refractivity contribution in [3.8, 4) is 0 Å². The Bertz CT molecular complexity index is 868. The minimum atomic E-state index is -0.448. The summed E-state index contributed by atoms with van der Waals surface area (Å²) >= 11 is 1.36. The topological polar surface area (TPSA) is 105 Å². The standard InChI is InChI=1S/C20H22N4O4S/c1-14(29-18-4-2-17(3-5-18)24(27)28)19(25)22-16-8-12-23(13-9-16)20(26)15-6-10-21-11-7-15/h2-7,10-11,14,16H,8-9,12-13H2,1H3,(H,22,25). The number of rotatable bonds is 6. The predicted octanol–water partition coefficient (Wildman–Crippen LogP) is 2.89. The number of aromatic nitrogens is 1. The summed E-state index contributed by atoms with van der Waals surface area (Å²) < 4.78 is 0. The number of nitrogens with one attached hydrogen (secondary N) is 1. The number of non-ortho nitro benzene ring substituents is 1. The molecule has 0 radical (unpaired) electrons. The third-order valence-electron chi connectivity index (χ3n) is 4.79. The zero-order valence-electron chi connectivity index (χ0n) is 16.0. The average Bonchev–Trinajstić information content (AvgIpc) is 2.74. The van der Waals surface area contributed by atoms with Crippen molar-refractivity contribution in [3.63, 3.8) is 0 Å². The third kappa shape index (κ3) is 5.54. The second-order valence-corrected chi connectivity index (χ2v) is 8.24. The molecule has 152 valence electrons. The lowest BCUT2D eigenvalue weighted by Crippen LogP contribution is -2.48. The zero-order valence-corrected chi connectivity index (χ0v) is 16.8. The fourth-order valence-electron chi connectivity index (χ4n) is 3.13. The van der Waals surface area contributed by atoms with Gasteiger partial charge in [0.2, 0.25) is 5.91 Å². The number of pyridine rings is 1. The van der Waals surface area contributed by atoms with Gasteiger partial charge in [-0.1, -0.05) is 0 Å². The molecule has 2 aromatic rings. The molecule has 1 N–H and O–H groups in total. The van der Waals surface area contributed by atoms with Crippen molar-refractivity contribution in [1.29, 1.82) is 0 Å². The highest BCUT2D eigenvalue weighted by molar-refractivity contribution is 8.00. The first kappa shape index (κ1) is 20.8. The summed E-state index contributed by atoms with van der Waals surface area (Å²) in [5.74, 6) is -0.0912. The van der Waals surface area contributed by atoms with Crippen LogP contribution in [0.3, 0.4) is 0 Å². The molecule has 1 saturated heterocycles.